The minimum absolute atomic E-state index is 0.254. The van der Waals surface area contributed by atoms with Gasteiger partial charge in [0, 0.05) is 6.54 Å². The quantitative estimate of drug-likeness (QED) is 0.875. The maximum absolute atomic E-state index is 13.8. The maximum Gasteiger partial charge on any atom is 0.246 e. The van der Waals surface area contributed by atoms with E-state index in [4.69, 9.17) is 4.42 Å². The van der Waals surface area contributed by atoms with Crippen LogP contribution in [0, 0.1) is 11.6 Å². The van der Waals surface area contributed by atoms with E-state index in [2.05, 4.69) is 0 Å². The van der Waals surface area contributed by atoms with Crippen molar-refractivity contribution in [2.75, 3.05) is 6.54 Å². The topological polar surface area (TPSA) is 50.5 Å². The number of rotatable bonds is 3. The first kappa shape index (κ1) is 14.2. The molecule has 1 atom stereocenters. The van der Waals surface area contributed by atoms with E-state index in [9.17, 15) is 17.2 Å². The number of nitrogens with zero attached hydrogens (tertiary/aromatic N) is 1. The molecule has 0 bridgehead atoms. The summed E-state index contributed by atoms with van der Waals surface area (Å²) in [6, 6.07) is 5.29. The van der Waals surface area contributed by atoms with Gasteiger partial charge in [-0.3, -0.25) is 0 Å². The van der Waals surface area contributed by atoms with E-state index in [1.165, 1.54) is 10.6 Å². The van der Waals surface area contributed by atoms with E-state index >= 15 is 0 Å². The van der Waals surface area contributed by atoms with Gasteiger partial charge in [-0.05, 0) is 43.2 Å². The van der Waals surface area contributed by atoms with Crippen LogP contribution in [0.1, 0.15) is 24.6 Å². The van der Waals surface area contributed by atoms with Crippen molar-refractivity contribution in [3.05, 3.63) is 54.0 Å². The molecule has 4 nitrogen and oxygen atoms in total. The Morgan fingerprint density at radius 1 is 1.24 bits per heavy atom. The first-order chi connectivity index (χ1) is 10.00. The van der Waals surface area contributed by atoms with E-state index in [1.807, 2.05) is 0 Å². The number of sulfonamides is 1. The fourth-order valence-electron chi connectivity index (χ4n) is 2.59. The molecule has 21 heavy (non-hydrogen) atoms. The molecule has 0 amide bonds. The summed E-state index contributed by atoms with van der Waals surface area (Å²) in [7, 11) is -4.11. The van der Waals surface area contributed by atoms with Crippen molar-refractivity contribution >= 4 is 10.0 Å². The zero-order valence-electron chi connectivity index (χ0n) is 11.0. The van der Waals surface area contributed by atoms with Gasteiger partial charge in [-0.1, -0.05) is 0 Å². The molecule has 1 saturated heterocycles. The average Bonchev–Trinajstić information content (AvgIpc) is 3.10. The highest BCUT2D eigenvalue weighted by Crippen LogP contribution is 2.37. The minimum Gasteiger partial charge on any atom is -0.468 e. The number of benzene rings is 1. The molecule has 7 heteroatoms. The molecular formula is C14H13F2NO3S. The SMILES string of the molecule is O=S(=O)(c1cc(F)ccc1F)N1CCCC1c1ccco1. The second-order valence-electron chi connectivity index (χ2n) is 4.86. The van der Waals surface area contributed by atoms with Gasteiger partial charge in [0.25, 0.3) is 0 Å². The van der Waals surface area contributed by atoms with Crippen molar-refractivity contribution in [1.29, 1.82) is 0 Å². The fourth-order valence-corrected chi connectivity index (χ4v) is 4.34. The number of halogens is 2. The molecule has 2 heterocycles. The van der Waals surface area contributed by atoms with E-state index < -0.39 is 32.6 Å². The number of furan rings is 1. The standard InChI is InChI=1S/C14H13F2NO3S/c15-10-5-6-11(16)14(9-10)21(18,19)17-7-1-3-12(17)13-4-2-8-20-13/h2,4-6,8-9,12H,1,3,7H2. The molecule has 1 aromatic heterocycles. The van der Waals surface area contributed by atoms with Gasteiger partial charge in [-0.15, -0.1) is 0 Å². The van der Waals surface area contributed by atoms with Gasteiger partial charge in [-0.25, -0.2) is 17.2 Å². The first-order valence-corrected chi connectivity index (χ1v) is 7.94. The predicted octanol–water partition coefficient (Wildman–Crippen LogP) is 3.08. The lowest BCUT2D eigenvalue weighted by atomic mass is 10.2. The zero-order chi connectivity index (χ0) is 15.0. The van der Waals surface area contributed by atoms with Crippen LogP contribution in [-0.2, 0) is 10.0 Å². The van der Waals surface area contributed by atoms with Crippen LogP contribution in [0.25, 0.3) is 0 Å². The van der Waals surface area contributed by atoms with Crippen LogP contribution in [0.2, 0.25) is 0 Å². The molecule has 1 unspecified atom stereocenters. The molecule has 0 saturated carbocycles. The molecule has 1 aliphatic rings. The van der Waals surface area contributed by atoms with Gasteiger partial charge >= 0.3 is 0 Å². The van der Waals surface area contributed by atoms with Crippen molar-refractivity contribution in [3.8, 4) is 0 Å². The summed E-state index contributed by atoms with van der Waals surface area (Å²) in [6.07, 6.45) is 2.69. The minimum atomic E-state index is -4.11. The highest BCUT2D eigenvalue weighted by molar-refractivity contribution is 7.89. The van der Waals surface area contributed by atoms with Crippen LogP contribution in [0.5, 0.6) is 0 Å². The van der Waals surface area contributed by atoms with Crippen LogP contribution in [0.4, 0.5) is 8.78 Å². The highest BCUT2D eigenvalue weighted by Gasteiger charge is 2.39. The Bertz CT molecular complexity index is 744. The molecule has 0 spiro atoms. The molecule has 112 valence electrons. The lowest BCUT2D eigenvalue weighted by Crippen LogP contribution is -2.31. The Kier molecular flexibility index (Phi) is 3.54. The van der Waals surface area contributed by atoms with Gasteiger partial charge in [0.2, 0.25) is 10.0 Å². The van der Waals surface area contributed by atoms with Crippen molar-refractivity contribution in [2.24, 2.45) is 0 Å². The summed E-state index contributed by atoms with van der Waals surface area (Å²) in [5, 5.41) is 0. The van der Waals surface area contributed by atoms with E-state index in [0.717, 1.165) is 12.1 Å². The van der Waals surface area contributed by atoms with Crippen LogP contribution in [0.3, 0.4) is 0 Å². The molecule has 0 N–H and O–H groups in total. The monoisotopic (exact) mass is 313 g/mol. The lowest BCUT2D eigenvalue weighted by molar-refractivity contribution is 0.338. The van der Waals surface area contributed by atoms with Crippen LogP contribution in [-0.4, -0.2) is 19.3 Å². The van der Waals surface area contributed by atoms with Gasteiger partial charge in [0.05, 0.1) is 12.3 Å². The summed E-state index contributed by atoms with van der Waals surface area (Å²) < 4.78 is 58.7. The molecule has 1 aliphatic heterocycles. The average molecular weight is 313 g/mol. The predicted molar refractivity (Wildman–Crippen MR) is 70.9 cm³/mol. The third kappa shape index (κ3) is 2.47. The molecule has 0 radical (unpaired) electrons. The summed E-state index contributed by atoms with van der Waals surface area (Å²) in [5.74, 6) is -1.24. The summed E-state index contributed by atoms with van der Waals surface area (Å²) in [6.45, 7) is 0.254. The molecular weight excluding hydrogens is 300 g/mol. The van der Waals surface area contributed by atoms with Crippen molar-refractivity contribution in [1.82, 2.24) is 4.31 Å². The second kappa shape index (κ2) is 5.23. The molecule has 1 aromatic carbocycles. The Hall–Kier alpha value is -1.73. The van der Waals surface area contributed by atoms with E-state index in [0.29, 0.717) is 24.7 Å². The Morgan fingerprint density at radius 3 is 2.76 bits per heavy atom. The van der Waals surface area contributed by atoms with Gasteiger partial charge < -0.3 is 4.42 Å². The number of hydrogen-bond donors (Lipinski definition) is 0. The van der Waals surface area contributed by atoms with Crippen LogP contribution >= 0.6 is 0 Å². The fraction of sp³-hybridized carbons (Fsp3) is 0.286. The molecule has 0 aliphatic carbocycles. The summed E-state index contributed by atoms with van der Waals surface area (Å²) in [4.78, 5) is -0.638. The molecule has 2 aromatic rings. The summed E-state index contributed by atoms with van der Waals surface area (Å²) >= 11 is 0. The van der Waals surface area contributed by atoms with E-state index in [1.54, 1.807) is 12.1 Å². The molecule has 3 rings (SSSR count). The second-order valence-corrected chi connectivity index (χ2v) is 6.72. The highest BCUT2D eigenvalue weighted by atomic mass is 32.2. The largest absolute Gasteiger partial charge is 0.468 e. The van der Waals surface area contributed by atoms with Crippen LogP contribution in [0.15, 0.2) is 45.9 Å². The first-order valence-electron chi connectivity index (χ1n) is 6.50. The normalized spacial score (nSPS) is 20.0. The summed E-state index contributed by atoms with van der Waals surface area (Å²) in [5.41, 5.74) is 0. The van der Waals surface area contributed by atoms with Gasteiger partial charge in [0.1, 0.15) is 22.3 Å². The Balaban J connectivity index is 2.03. The van der Waals surface area contributed by atoms with Crippen molar-refractivity contribution in [2.45, 2.75) is 23.8 Å². The molecule has 1 fully saturated rings. The maximum atomic E-state index is 13.8. The van der Waals surface area contributed by atoms with Gasteiger partial charge in [-0.2, -0.15) is 4.31 Å². The van der Waals surface area contributed by atoms with Crippen molar-refractivity contribution < 1.29 is 21.6 Å². The Morgan fingerprint density at radius 2 is 2.05 bits per heavy atom. The van der Waals surface area contributed by atoms with Gasteiger partial charge in [0.15, 0.2) is 0 Å². The smallest absolute Gasteiger partial charge is 0.246 e. The lowest BCUT2D eigenvalue weighted by Gasteiger charge is -2.22. The van der Waals surface area contributed by atoms with E-state index in [-0.39, 0.29) is 6.54 Å². The Labute approximate surface area is 121 Å². The third-order valence-electron chi connectivity index (χ3n) is 3.56. The zero-order valence-corrected chi connectivity index (χ0v) is 11.8. The van der Waals surface area contributed by atoms with Crippen molar-refractivity contribution in [3.63, 3.8) is 0 Å². The van der Waals surface area contributed by atoms with Crippen LogP contribution < -0.4 is 0 Å². The number of hydrogen-bond acceptors (Lipinski definition) is 3. The third-order valence-corrected chi connectivity index (χ3v) is 5.48.